The van der Waals surface area contributed by atoms with Gasteiger partial charge in [0.2, 0.25) is 0 Å². The molecule has 0 aliphatic carbocycles. The first-order valence-corrected chi connectivity index (χ1v) is 7.69. The van der Waals surface area contributed by atoms with Gasteiger partial charge in [-0.2, -0.15) is 5.10 Å². The number of rotatable bonds is 8. The van der Waals surface area contributed by atoms with Crippen molar-refractivity contribution in [3.63, 3.8) is 0 Å². The molecule has 0 saturated heterocycles. The number of ether oxygens (including phenoxy) is 2. The first-order chi connectivity index (χ1) is 11.2. The van der Waals surface area contributed by atoms with Crippen LogP contribution in [0.5, 0.6) is 5.75 Å². The third-order valence-corrected chi connectivity index (χ3v) is 3.51. The monoisotopic (exact) mass is 317 g/mol. The summed E-state index contributed by atoms with van der Waals surface area (Å²) in [5.41, 5.74) is 2.19. The zero-order chi connectivity index (χ0) is 16.7. The summed E-state index contributed by atoms with van der Waals surface area (Å²) < 4.78 is 12.2. The Morgan fingerprint density at radius 1 is 1.30 bits per heavy atom. The van der Waals surface area contributed by atoms with E-state index in [4.69, 9.17) is 9.47 Å². The molecular weight excluding hydrogens is 294 g/mol. The maximum Gasteiger partial charge on any atom is 0.271 e. The van der Waals surface area contributed by atoms with E-state index >= 15 is 0 Å². The number of para-hydroxylation sites is 1. The van der Waals surface area contributed by atoms with Crippen LogP contribution in [0, 0.1) is 0 Å². The number of nitrogens with zero attached hydrogens (tertiary/aromatic N) is 2. The van der Waals surface area contributed by atoms with Crippen molar-refractivity contribution in [3.05, 3.63) is 36.0 Å². The Balaban J connectivity index is 2.22. The topological polar surface area (TPSA) is 65.4 Å². The molecule has 0 saturated carbocycles. The van der Waals surface area contributed by atoms with Gasteiger partial charge in [0, 0.05) is 32.4 Å². The summed E-state index contributed by atoms with van der Waals surface area (Å²) in [6, 6.07) is 9.51. The van der Waals surface area contributed by atoms with E-state index in [1.165, 1.54) is 0 Å². The fourth-order valence-electron chi connectivity index (χ4n) is 2.35. The first kappa shape index (κ1) is 17.0. The Morgan fingerprint density at radius 2 is 2.09 bits per heavy atom. The van der Waals surface area contributed by atoms with Gasteiger partial charge in [-0.1, -0.05) is 12.1 Å². The van der Waals surface area contributed by atoms with Crippen LogP contribution >= 0.6 is 0 Å². The maximum atomic E-state index is 12.2. The van der Waals surface area contributed by atoms with Gasteiger partial charge in [0.15, 0.2) is 5.69 Å². The van der Waals surface area contributed by atoms with Crippen LogP contribution in [0.3, 0.4) is 0 Å². The van der Waals surface area contributed by atoms with E-state index in [-0.39, 0.29) is 5.91 Å². The summed E-state index contributed by atoms with van der Waals surface area (Å²) in [5.74, 6) is 0.582. The van der Waals surface area contributed by atoms with E-state index in [9.17, 15) is 4.79 Å². The van der Waals surface area contributed by atoms with Crippen molar-refractivity contribution in [1.82, 2.24) is 15.1 Å². The SMILES string of the molecule is CCn1nc(C(=O)NCCCOC)cc1-c1ccccc1OC. The van der Waals surface area contributed by atoms with Crippen LogP contribution in [0.4, 0.5) is 0 Å². The quantitative estimate of drug-likeness (QED) is 0.759. The standard InChI is InChI=1S/C17H23N3O3/c1-4-20-15(13-8-5-6-9-16(13)23-3)12-14(19-20)17(21)18-10-7-11-22-2/h5-6,8-9,12H,4,7,10-11H2,1-3H3,(H,18,21). The lowest BCUT2D eigenvalue weighted by molar-refractivity contribution is 0.0943. The minimum atomic E-state index is -0.176. The highest BCUT2D eigenvalue weighted by molar-refractivity contribution is 5.93. The van der Waals surface area contributed by atoms with Gasteiger partial charge in [-0.15, -0.1) is 0 Å². The van der Waals surface area contributed by atoms with Crippen LogP contribution in [0.2, 0.25) is 0 Å². The second kappa shape index (κ2) is 8.33. The molecule has 1 aromatic heterocycles. The van der Waals surface area contributed by atoms with Crippen molar-refractivity contribution in [1.29, 1.82) is 0 Å². The molecule has 0 bridgehead atoms. The molecule has 1 amide bonds. The third kappa shape index (κ3) is 4.10. The molecular formula is C17H23N3O3. The normalized spacial score (nSPS) is 10.6. The molecule has 1 heterocycles. The third-order valence-electron chi connectivity index (χ3n) is 3.51. The second-order valence-corrected chi connectivity index (χ2v) is 5.03. The predicted molar refractivity (Wildman–Crippen MR) is 88.7 cm³/mol. The fraction of sp³-hybridized carbons (Fsp3) is 0.412. The molecule has 124 valence electrons. The summed E-state index contributed by atoms with van der Waals surface area (Å²) in [6.45, 7) is 3.85. The van der Waals surface area contributed by atoms with Gasteiger partial charge in [0.05, 0.1) is 12.8 Å². The van der Waals surface area contributed by atoms with E-state index in [2.05, 4.69) is 10.4 Å². The molecule has 23 heavy (non-hydrogen) atoms. The van der Waals surface area contributed by atoms with Gasteiger partial charge in [-0.25, -0.2) is 0 Å². The first-order valence-electron chi connectivity index (χ1n) is 7.69. The minimum Gasteiger partial charge on any atom is -0.496 e. The van der Waals surface area contributed by atoms with Gasteiger partial charge in [-0.05, 0) is 31.5 Å². The molecule has 0 aliphatic rings. The average Bonchev–Trinajstić information content (AvgIpc) is 3.02. The predicted octanol–water partition coefficient (Wildman–Crippen LogP) is 2.34. The number of aryl methyl sites for hydroxylation is 1. The maximum absolute atomic E-state index is 12.2. The lowest BCUT2D eigenvalue weighted by Gasteiger charge is -2.09. The van der Waals surface area contributed by atoms with E-state index in [1.807, 2.05) is 35.9 Å². The molecule has 0 fully saturated rings. The van der Waals surface area contributed by atoms with Crippen LogP contribution in [-0.2, 0) is 11.3 Å². The molecule has 0 aliphatic heterocycles. The van der Waals surface area contributed by atoms with Crippen molar-refractivity contribution < 1.29 is 14.3 Å². The molecule has 6 nitrogen and oxygen atoms in total. The summed E-state index contributed by atoms with van der Waals surface area (Å²) in [7, 11) is 3.28. The lowest BCUT2D eigenvalue weighted by atomic mass is 10.1. The molecule has 0 radical (unpaired) electrons. The number of nitrogens with one attached hydrogen (secondary N) is 1. The number of hydrogen-bond acceptors (Lipinski definition) is 4. The summed E-state index contributed by atoms with van der Waals surface area (Å²) in [6.07, 6.45) is 0.774. The van der Waals surface area contributed by atoms with E-state index < -0.39 is 0 Å². The van der Waals surface area contributed by atoms with Crippen molar-refractivity contribution >= 4 is 5.91 Å². The zero-order valence-corrected chi connectivity index (χ0v) is 13.8. The lowest BCUT2D eigenvalue weighted by Crippen LogP contribution is -2.25. The van der Waals surface area contributed by atoms with Crippen molar-refractivity contribution in [2.45, 2.75) is 19.9 Å². The van der Waals surface area contributed by atoms with Gasteiger partial charge >= 0.3 is 0 Å². The van der Waals surface area contributed by atoms with Crippen molar-refractivity contribution in [3.8, 4) is 17.0 Å². The number of methoxy groups -OCH3 is 2. The molecule has 1 aromatic carbocycles. The molecule has 6 heteroatoms. The van der Waals surface area contributed by atoms with Gasteiger partial charge in [0.25, 0.3) is 5.91 Å². The number of hydrogen-bond donors (Lipinski definition) is 1. The second-order valence-electron chi connectivity index (χ2n) is 5.03. The van der Waals surface area contributed by atoms with Crippen LogP contribution in [0.15, 0.2) is 30.3 Å². The Morgan fingerprint density at radius 3 is 2.78 bits per heavy atom. The highest BCUT2D eigenvalue weighted by Gasteiger charge is 2.16. The molecule has 0 unspecified atom stereocenters. The Labute approximate surface area is 136 Å². The Kier molecular flexibility index (Phi) is 6.17. The number of aromatic nitrogens is 2. The van der Waals surface area contributed by atoms with Crippen LogP contribution in [0.25, 0.3) is 11.3 Å². The minimum absolute atomic E-state index is 0.176. The van der Waals surface area contributed by atoms with E-state index in [0.717, 1.165) is 23.4 Å². The van der Waals surface area contributed by atoms with E-state index in [1.54, 1.807) is 20.3 Å². The van der Waals surface area contributed by atoms with Crippen molar-refractivity contribution in [2.24, 2.45) is 0 Å². The molecule has 0 spiro atoms. The number of amides is 1. The molecule has 0 atom stereocenters. The summed E-state index contributed by atoms with van der Waals surface area (Å²) in [5, 5.41) is 7.25. The number of carbonyl (C=O) groups is 1. The van der Waals surface area contributed by atoms with Gasteiger partial charge < -0.3 is 14.8 Å². The largest absolute Gasteiger partial charge is 0.496 e. The van der Waals surface area contributed by atoms with Crippen molar-refractivity contribution in [2.75, 3.05) is 27.4 Å². The smallest absolute Gasteiger partial charge is 0.271 e. The zero-order valence-electron chi connectivity index (χ0n) is 13.8. The van der Waals surface area contributed by atoms with Crippen LogP contribution in [0.1, 0.15) is 23.8 Å². The Hall–Kier alpha value is -2.34. The van der Waals surface area contributed by atoms with Crippen LogP contribution in [-0.4, -0.2) is 43.1 Å². The summed E-state index contributed by atoms with van der Waals surface area (Å²) >= 11 is 0. The fourth-order valence-corrected chi connectivity index (χ4v) is 2.35. The van der Waals surface area contributed by atoms with Gasteiger partial charge in [-0.3, -0.25) is 9.48 Å². The highest BCUT2D eigenvalue weighted by atomic mass is 16.5. The van der Waals surface area contributed by atoms with Crippen LogP contribution < -0.4 is 10.1 Å². The molecule has 2 aromatic rings. The Bertz CT molecular complexity index is 652. The average molecular weight is 317 g/mol. The molecule has 2 rings (SSSR count). The number of carbonyl (C=O) groups excluding carboxylic acids is 1. The highest BCUT2D eigenvalue weighted by Crippen LogP contribution is 2.30. The van der Waals surface area contributed by atoms with Gasteiger partial charge in [0.1, 0.15) is 5.75 Å². The van der Waals surface area contributed by atoms with E-state index in [0.29, 0.717) is 25.4 Å². The molecule has 1 N–H and O–H groups in total. The summed E-state index contributed by atoms with van der Waals surface area (Å²) in [4.78, 5) is 12.2. The number of benzene rings is 1.